The Bertz CT molecular complexity index is 1930. The molecule has 0 unspecified atom stereocenters. The number of amides is 1. The molecular weight excluding hydrogens is 752 g/mol. The highest BCUT2D eigenvalue weighted by Crippen LogP contribution is 2.62. The molecule has 1 saturated carbocycles. The van der Waals surface area contributed by atoms with Crippen molar-refractivity contribution in [1.29, 1.82) is 0 Å². The van der Waals surface area contributed by atoms with E-state index in [1.165, 1.54) is 6.07 Å². The van der Waals surface area contributed by atoms with Crippen molar-refractivity contribution in [3.63, 3.8) is 0 Å². The Hall–Kier alpha value is -4.71. The number of fused-ring (bicyclic) bond motifs is 2. The van der Waals surface area contributed by atoms with Crippen LogP contribution in [0.3, 0.4) is 0 Å². The van der Waals surface area contributed by atoms with Gasteiger partial charge in [-0.05, 0) is 98.4 Å². The molecule has 6 rings (SSSR count). The van der Waals surface area contributed by atoms with Gasteiger partial charge in [0.15, 0.2) is 0 Å². The lowest BCUT2D eigenvalue weighted by Crippen LogP contribution is -2.70. The van der Waals surface area contributed by atoms with E-state index in [2.05, 4.69) is 19.6 Å². The first-order chi connectivity index (χ1) is 28.8. The number of hydrogen-bond acceptors (Lipinski definition) is 9. The number of unbranched alkanes of at least 4 members (excludes halogenated alkanes) is 2. The van der Waals surface area contributed by atoms with E-state index in [1.807, 2.05) is 54.3 Å². The van der Waals surface area contributed by atoms with Gasteiger partial charge in [0.25, 0.3) is 0 Å². The minimum atomic E-state index is -1.36. The van der Waals surface area contributed by atoms with Crippen LogP contribution in [0.4, 0.5) is 4.39 Å². The number of carbonyl (C=O) groups is 1. The molecular formula is C48H61FN2O8. The number of ether oxygens (including phenoxy) is 4. The Kier molecular flexibility index (Phi) is 15.6. The molecule has 1 fully saturated rings. The number of halogens is 1. The number of methoxy groups -OCH3 is 1. The summed E-state index contributed by atoms with van der Waals surface area (Å²) in [7, 11) is 1.61. The number of oxime groups is 1. The van der Waals surface area contributed by atoms with Crippen LogP contribution in [-0.4, -0.2) is 78.6 Å². The lowest BCUT2D eigenvalue weighted by molar-refractivity contribution is -0.257. The standard InChI is InChI=1S/C48H61FN2O8/c1-5-23-51(45(54)28-33-15-14-18-36(27-33)55-4)44-31-42(50-58-7-3)39-29-34(16-10-12-24-52)38(19-11-13-25-53)46-40-30-37(56-32-35-17-8-9-20-41(35)49)21-22-43(40)59-48(44,47(39)46)57-26-6-2/h6,8-9,14-15,17-18,20-22,27,29-30,34,38,44,46-47,52-53H,2,5,7,10-13,16,19,23-26,28,31-32H2,1,3-4H3/t34-,38+,44-,46+,47+,48+/m0/s1. The summed E-state index contributed by atoms with van der Waals surface area (Å²) in [4.78, 5) is 22.6. The summed E-state index contributed by atoms with van der Waals surface area (Å²) in [6.45, 7) is 9.23. The summed E-state index contributed by atoms with van der Waals surface area (Å²) in [6, 6.07) is 19.3. The van der Waals surface area contributed by atoms with Crippen LogP contribution in [-0.2, 0) is 27.4 Å². The van der Waals surface area contributed by atoms with Gasteiger partial charge in [-0.3, -0.25) is 4.79 Å². The fraction of sp³-hybridized carbons (Fsp3) is 0.500. The second kappa shape index (κ2) is 21.0. The van der Waals surface area contributed by atoms with Crippen LogP contribution in [0.1, 0.15) is 87.8 Å². The van der Waals surface area contributed by atoms with Crippen LogP contribution >= 0.6 is 0 Å². The second-order valence-electron chi connectivity index (χ2n) is 15.7. The van der Waals surface area contributed by atoms with Gasteiger partial charge in [-0.2, -0.15) is 0 Å². The van der Waals surface area contributed by atoms with E-state index in [0.717, 1.165) is 48.1 Å². The van der Waals surface area contributed by atoms with Gasteiger partial charge in [0.1, 0.15) is 42.3 Å². The average molecular weight is 813 g/mol. The molecule has 3 aliphatic rings. The summed E-state index contributed by atoms with van der Waals surface area (Å²) in [5.74, 6) is -0.373. The third kappa shape index (κ3) is 9.85. The Morgan fingerprint density at radius 3 is 2.54 bits per heavy atom. The van der Waals surface area contributed by atoms with Gasteiger partial charge in [-0.25, -0.2) is 4.39 Å². The fourth-order valence-corrected chi connectivity index (χ4v) is 9.41. The van der Waals surface area contributed by atoms with Crippen molar-refractivity contribution in [2.24, 2.45) is 22.9 Å². The number of benzene rings is 3. The van der Waals surface area contributed by atoms with Crippen molar-refractivity contribution in [2.75, 3.05) is 40.1 Å². The van der Waals surface area contributed by atoms with E-state index < -0.39 is 17.7 Å². The topological polar surface area (TPSA) is 119 Å². The smallest absolute Gasteiger partial charge is 0.239 e. The number of nitrogens with zero attached hydrogens (tertiary/aromatic N) is 2. The van der Waals surface area contributed by atoms with Crippen molar-refractivity contribution in [2.45, 2.75) is 96.0 Å². The highest BCUT2D eigenvalue weighted by Gasteiger charge is 2.65. The number of hydrogen-bond donors (Lipinski definition) is 2. The third-order valence-electron chi connectivity index (χ3n) is 12.0. The van der Waals surface area contributed by atoms with Gasteiger partial charge < -0.3 is 38.9 Å². The molecule has 2 aliphatic carbocycles. The number of aliphatic hydroxyl groups excluding tert-OH is 2. The van der Waals surface area contributed by atoms with Gasteiger partial charge in [-0.1, -0.05) is 67.4 Å². The third-order valence-corrected chi connectivity index (χ3v) is 12.0. The molecule has 10 nitrogen and oxygen atoms in total. The molecule has 6 atom stereocenters. The van der Waals surface area contributed by atoms with Crippen molar-refractivity contribution in [3.05, 3.63) is 114 Å². The van der Waals surface area contributed by atoms with Crippen LogP contribution < -0.4 is 14.2 Å². The van der Waals surface area contributed by atoms with Crippen LogP contribution in [0.5, 0.6) is 17.2 Å². The summed E-state index contributed by atoms with van der Waals surface area (Å²) in [6.07, 6.45) is 9.83. The summed E-state index contributed by atoms with van der Waals surface area (Å²) in [5, 5.41) is 24.6. The van der Waals surface area contributed by atoms with Gasteiger partial charge in [0, 0.05) is 43.2 Å². The molecule has 0 bridgehead atoms. The molecule has 2 N–H and O–H groups in total. The number of carbonyl (C=O) groups excluding carboxylic acids is 1. The van der Waals surface area contributed by atoms with Crippen molar-refractivity contribution in [3.8, 4) is 17.2 Å². The van der Waals surface area contributed by atoms with Crippen molar-refractivity contribution in [1.82, 2.24) is 4.90 Å². The molecule has 1 amide bonds. The van der Waals surface area contributed by atoms with E-state index >= 15 is 0 Å². The first-order valence-corrected chi connectivity index (χ1v) is 21.3. The molecule has 3 aromatic rings. The molecule has 11 heteroatoms. The van der Waals surface area contributed by atoms with E-state index in [9.17, 15) is 19.4 Å². The normalized spacial score (nSPS) is 23.7. The number of rotatable bonds is 22. The summed E-state index contributed by atoms with van der Waals surface area (Å²) < 4.78 is 40.9. The predicted molar refractivity (Wildman–Crippen MR) is 226 cm³/mol. The Balaban J connectivity index is 1.54. The zero-order chi connectivity index (χ0) is 41.8. The largest absolute Gasteiger partial charge is 0.497 e. The molecule has 0 aromatic heterocycles. The maximum absolute atomic E-state index is 14.8. The molecule has 1 heterocycles. The lowest BCUT2D eigenvalue weighted by atomic mass is 9.55. The molecule has 3 aromatic carbocycles. The molecule has 1 aliphatic heterocycles. The fourth-order valence-electron chi connectivity index (χ4n) is 9.41. The van der Waals surface area contributed by atoms with Gasteiger partial charge in [-0.15, -0.1) is 6.58 Å². The monoisotopic (exact) mass is 812 g/mol. The molecule has 0 spiro atoms. The maximum Gasteiger partial charge on any atom is 0.239 e. The minimum Gasteiger partial charge on any atom is -0.497 e. The van der Waals surface area contributed by atoms with E-state index in [4.69, 9.17) is 28.9 Å². The molecule has 318 valence electrons. The Labute approximate surface area is 348 Å². The predicted octanol–water partition coefficient (Wildman–Crippen LogP) is 8.55. The molecule has 0 radical (unpaired) electrons. The SMILES string of the molecule is C=CCO[C@@]12Oc3ccc(OCc4ccccc4F)cc3[C@H]3[C@H](CCCCO)[C@@H](CCCCO)C=C(C(=NOCC)C[C@@H]1N(CCC)C(=O)Cc1cccc(OC)c1)[C@H]32. The van der Waals surface area contributed by atoms with Crippen molar-refractivity contribution >= 4 is 11.6 Å². The summed E-state index contributed by atoms with van der Waals surface area (Å²) >= 11 is 0. The first kappa shape index (κ1) is 43.9. The number of aliphatic hydroxyl groups is 2. The average Bonchev–Trinajstić information content (AvgIpc) is 3.25. The van der Waals surface area contributed by atoms with Crippen molar-refractivity contribution < 1.29 is 43.2 Å². The quantitative estimate of drug-likeness (QED) is 0.0589. The minimum absolute atomic E-state index is 0.0519. The number of allylic oxidation sites excluding steroid dienone is 1. The molecule has 0 saturated heterocycles. The lowest BCUT2D eigenvalue weighted by Gasteiger charge is -2.60. The van der Waals surface area contributed by atoms with Gasteiger partial charge in [0.05, 0.1) is 31.8 Å². The summed E-state index contributed by atoms with van der Waals surface area (Å²) in [5.41, 5.74) is 3.94. The first-order valence-electron chi connectivity index (χ1n) is 21.3. The second-order valence-corrected chi connectivity index (χ2v) is 15.7. The Morgan fingerprint density at radius 1 is 1.02 bits per heavy atom. The van der Waals surface area contributed by atoms with Crippen LogP contribution in [0.15, 0.2) is 96.2 Å². The van der Waals surface area contributed by atoms with E-state index in [0.29, 0.717) is 61.6 Å². The highest BCUT2D eigenvalue weighted by molar-refractivity contribution is 6.03. The highest BCUT2D eigenvalue weighted by atomic mass is 19.1. The van der Waals surface area contributed by atoms with E-state index in [1.54, 1.807) is 31.4 Å². The van der Waals surface area contributed by atoms with Crippen LogP contribution in [0.2, 0.25) is 0 Å². The zero-order valence-corrected chi connectivity index (χ0v) is 34.8. The van der Waals surface area contributed by atoms with Gasteiger partial charge >= 0.3 is 0 Å². The van der Waals surface area contributed by atoms with Crippen LogP contribution in [0, 0.1) is 23.6 Å². The van der Waals surface area contributed by atoms with Gasteiger partial charge in [0.2, 0.25) is 11.7 Å². The molecule has 59 heavy (non-hydrogen) atoms. The Morgan fingerprint density at radius 2 is 1.81 bits per heavy atom. The maximum atomic E-state index is 14.8. The zero-order valence-electron chi connectivity index (χ0n) is 34.8. The van der Waals surface area contributed by atoms with E-state index in [-0.39, 0.29) is 62.3 Å². The van der Waals surface area contributed by atoms with Crippen LogP contribution in [0.25, 0.3) is 0 Å².